The molecule has 134 valence electrons. The van der Waals surface area contributed by atoms with E-state index in [1.54, 1.807) is 53.7 Å². The third-order valence-corrected chi connectivity index (χ3v) is 4.18. The fourth-order valence-corrected chi connectivity index (χ4v) is 2.81. The Morgan fingerprint density at radius 3 is 2.46 bits per heavy atom. The molecule has 7 heteroatoms. The number of anilines is 1. The van der Waals surface area contributed by atoms with Crippen LogP contribution in [-0.4, -0.2) is 59.4 Å². The summed E-state index contributed by atoms with van der Waals surface area (Å²) in [6.07, 6.45) is 5.04. The lowest BCUT2D eigenvalue weighted by molar-refractivity contribution is 0.0746. The van der Waals surface area contributed by atoms with E-state index in [9.17, 15) is 9.59 Å². The van der Waals surface area contributed by atoms with Crippen LogP contribution in [0.4, 0.5) is 5.95 Å². The van der Waals surface area contributed by atoms with E-state index in [2.05, 4.69) is 26.8 Å². The van der Waals surface area contributed by atoms with Crippen molar-refractivity contribution in [2.24, 2.45) is 0 Å². The van der Waals surface area contributed by atoms with Gasteiger partial charge in [-0.3, -0.25) is 9.59 Å². The predicted molar refractivity (Wildman–Crippen MR) is 99.1 cm³/mol. The smallest absolute Gasteiger partial charge is 0.253 e. The van der Waals surface area contributed by atoms with Gasteiger partial charge in [0.2, 0.25) is 5.95 Å². The minimum absolute atomic E-state index is 0.0722. The number of benzene rings is 1. The molecule has 1 aromatic carbocycles. The molecule has 0 radical (unpaired) electrons. The topological polar surface area (TPSA) is 78.4 Å². The molecule has 1 aliphatic rings. The van der Waals surface area contributed by atoms with Crippen molar-refractivity contribution < 1.29 is 9.59 Å². The van der Waals surface area contributed by atoms with E-state index >= 15 is 0 Å². The SMILES string of the molecule is C=CCNC(=O)c1cccc(C(=O)N2CCN(c3ncccn3)CC2)c1. The summed E-state index contributed by atoms with van der Waals surface area (Å²) in [5.41, 5.74) is 0.981. The highest BCUT2D eigenvalue weighted by atomic mass is 16.2. The van der Waals surface area contributed by atoms with Gasteiger partial charge in [-0.2, -0.15) is 0 Å². The van der Waals surface area contributed by atoms with Gasteiger partial charge in [0, 0.05) is 56.2 Å². The van der Waals surface area contributed by atoms with Gasteiger partial charge in [0.05, 0.1) is 0 Å². The van der Waals surface area contributed by atoms with Crippen molar-refractivity contribution >= 4 is 17.8 Å². The van der Waals surface area contributed by atoms with Gasteiger partial charge in [0.15, 0.2) is 0 Å². The van der Waals surface area contributed by atoms with Crippen molar-refractivity contribution in [2.45, 2.75) is 0 Å². The quantitative estimate of drug-likeness (QED) is 0.823. The molecular formula is C19H21N5O2. The van der Waals surface area contributed by atoms with E-state index in [0.29, 0.717) is 49.8 Å². The molecule has 2 heterocycles. The molecule has 1 saturated heterocycles. The Labute approximate surface area is 152 Å². The van der Waals surface area contributed by atoms with Gasteiger partial charge >= 0.3 is 0 Å². The van der Waals surface area contributed by atoms with Gasteiger partial charge in [-0.25, -0.2) is 9.97 Å². The van der Waals surface area contributed by atoms with E-state index in [4.69, 9.17) is 0 Å². The fraction of sp³-hybridized carbons (Fsp3) is 0.263. The summed E-state index contributed by atoms with van der Waals surface area (Å²) in [6, 6.07) is 8.57. The first-order valence-electron chi connectivity index (χ1n) is 8.49. The number of rotatable bonds is 5. The zero-order valence-electron chi connectivity index (χ0n) is 14.5. The lowest BCUT2D eigenvalue weighted by Crippen LogP contribution is -2.49. The van der Waals surface area contributed by atoms with Crippen LogP contribution in [0.1, 0.15) is 20.7 Å². The maximum absolute atomic E-state index is 12.8. The van der Waals surface area contributed by atoms with Crippen LogP contribution in [-0.2, 0) is 0 Å². The van der Waals surface area contributed by atoms with Crippen LogP contribution in [0.15, 0.2) is 55.4 Å². The lowest BCUT2D eigenvalue weighted by atomic mass is 10.1. The Bertz CT molecular complexity index is 786. The maximum atomic E-state index is 12.8. The van der Waals surface area contributed by atoms with Crippen LogP contribution < -0.4 is 10.2 Å². The largest absolute Gasteiger partial charge is 0.349 e. The van der Waals surface area contributed by atoms with E-state index in [1.807, 2.05) is 0 Å². The number of aromatic nitrogens is 2. The zero-order valence-corrected chi connectivity index (χ0v) is 14.5. The second kappa shape index (κ2) is 8.24. The number of hydrogen-bond acceptors (Lipinski definition) is 5. The average molecular weight is 351 g/mol. The number of amides is 2. The number of nitrogens with zero attached hydrogens (tertiary/aromatic N) is 4. The number of carbonyl (C=O) groups excluding carboxylic acids is 2. The summed E-state index contributed by atoms with van der Waals surface area (Å²) in [6.45, 7) is 6.49. The van der Waals surface area contributed by atoms with E-state index in [-0.39, 0.29) is 11.8 Å². The Morgan fingerprint density at radius 2 is 1.77 bits per heavy atom. The molecule has 3 rings (SSSR count). The maximum Gasteiger partial charge on any atom is 0.253 e. The Balaban J connectivity index is 1.63. The van der Waals surface area contributed by atoms with Gasteiger partial charge in [-0.15, -0.1) is 6.58 Å². The molecule has 0 unspecified atom stereocenters. The molecule has 1 aromatic heterocycles. The molecule has 1 fully saturated rings. The van der Waals surface area contributed by atoms with E-state index in [0.717, 1.165) is 0 Å². The third-order valence-electron chi connectivity index (χ3n) is 4.18. The Hall–Kier alpha value is -3.22. The summed E-state index contributed by atoms with van der Waals surface area (Å²) in [7, 11) is 0. The molecule has 26 heavy (non-hydrogen) atoms. The Kier molecular flexibility index (Phi) is 5.58. The first kappa shape index (κ1) is 17.6. The van der Waals surface area contributed by atoms with Crippen LogP contribution in [0.5, 0.6) is 0 Å². The highest BCUT2D eigenvalue weighted by Gasteiger charge is 2.23. The van der Waals surface area contributed by atoms with Gasteiger partial charge in [-0.1, -0.05) is 12.1 Å². The van der Waals surface area contributed by atoms with E-state index < -0.39 is 0 Å². The van der Waals surface area contributed by atoms with Gasteiger partial charge in [0.25, 0.3) is 11.8 Å². The first-order valence-corrected chi connectivity index (χ1v) is 8.49. The second-order valence-electron chi connectivity index (χ2n) is 5.91. The summed E-state index contributed by atoms with van der Waals surface area (Å²) in [4.78, 5) is 37.2. The van der Waals surface area contributed by atoms with Gasteiger partial charge in [-0.05, 0) is 24.3 Å². The van der Waals surface area contributed by atoms with E-state index in [1.165, 1.54) is 0 Å². The van der Waals surface area contributed by atoms with Gasteiger partial charge in [0.1, 0.15) is 0 Å². The van der Waals surface area contributed by atoms with Crippen molar-refractivity contribution in [3.63, 3.8) is 0 Å². The molecular weight excluding hydrogens is 330 g/mol. The molecule has 0 saturated carbocycles. The van der Waals surface area contributed by atoms with Crippen LogP contribution in [0.3, 0.4) is 0 Å². The second-order valence-corrected chi connectivity index (χ2v) is 5.91. The molecule has 2 amide bonds. The minimum Gasteiger partial charge on any atom is -0.349 e. The highest BCUT2D eigenvalue weighted by Crippen LogP contribution is 2.14. The summed E-state index contributed by atoms with van der Waals surface area (Å²) in [5, 5.41) is 2.72. The van der Waals surface area contributed by atoms with Crippen molar-refractivity contribution in [3.05, 3.63) is 66.5 Å². The van der Waals surface area contributed by atoms with Crippen LogP contribution >= 0.6 is 0 Å². The van der Waals surface area contributed by atoms with Crippen LogP contribution in [0.25, 0.3) is 0 Å². The molecule has 0 aliphatic carbocycles. The summed E-state index contributed by atoms with van der Waals surface area (Å²) in [5.74, 6) is 0.392. The predicted octanol–water partition coefficient (Wildman–Crippen LogP) is 1.35. The lowest BCUT2D eigenvalue weighted by Gasteiger charge is -2.34. The number of nitrogens with one attached hydrogen (secondary N) is 1. The summed E-state index contributed by atoms with van der Waals surface area (Å²) >= 11 is 0. The molecule has 0 spiro atoms. The normalized spacial score (nSPS) is 14.0. The number of hydrogen-bond donors (Lipinski definition) is 1. The molecule has 0 bridgehead atoms. The monoisotopic (exact) mass is 351 g/mol. The van der Waals surface area contributed by atoms with Gasteiger partial charge < -0.3 is 15.1 Å². The minimum atomic E-state index is -0.217. The Morgan fingerprint density at radius 1 is 1.08 bits per heavy atom. The molecule has 0 atom stereocenters. The number of piperazine rings is 1. The average Bonchev–Trinajstić information content (AvgIpc) is 2.72. The van der Waals surface area contributed by atoms with Crippen LogP contribution in [0, 0.1) is 0 Å². The highest BCUT2D eigenvalue weighted by molar-refractivity contribution is 5.99. The molecule has 7 nitrogen and oxygen atoms in total. The van der Waals surface area contributed by atoms with Crippen molar-refractivity contribution in [1.29, 1.82) is 0 Å². The standard InChI is InChI=1S/C19H21N5O2/c1-2-7-20-17(25)15-5-3-6-16(14-15)18(26)23-10-12-24(13-11-23)19-21-8-4-9-22-19/h2-6,8-9,14H,1,7,10-13H2,(H,20,25). The zero-order chi connectivity index (χ0) is 18.4. The van der Waals surface area contributed by atoms with Crippen LogP contribution in [0.2, 0.25) is 0 Å². The van der Waals surface area contributed by atoms with Crippen molar-refractivity contribution in [1.82, 2.24) is 20.2 Å². The molecule has 1 aliphatic heterocycles. The fourth-order valence-electron chi connectivity index (χ4n) is 2.81. The third kappa shape index (κ3) is 4.05. The van der Waals surface area contributed by atoms with Crippen molar-refractivity contribution in [3.8, 4) is 0 Å². The molecule has 1 N–H and O–H groups in total. The molecule has 2 aromatic rings. The van der Waals surface area contributed by atoms with Crippen molar-refractivity contribution in [2.75, 3.05) is 37.6 Å². The first-order chi connectivity index (χ1) is 12.7. The number of carbonyl (C=O) groups is 2. The summed E-state index contributed by atoms with van der Waals surface area (Å²) < 4.78 is 0.